The van der Waals surface area contributed by atoms with Crippen LogP contribution in [0.15, 0.2) is 48.5 Å². The number of carbonyl (C=O) groups excluding carboxylic acids is 2. The Kier molecular flexibility index (Phi) is 4.70. The first-order valence-electron chi connectivity index (χ1n) is 8.51. The highest BCUT2D eigenvalue weighted by molar-refractivity contribution is 6.30. The molecule has 2 amide bonds. The number of aromatic nitrogens is 3. The molecule has 0 aliphatic carbocycles. The Balaban J connectivity index is 1.59. The molecule has 1 aliphatic heterocycles. The van der Waals surface area contributed by atoms with E-state index in [1.165, 1.54) is 0 Å². The molecule has 2 heterocycles. The number of nitrogens with zero attached hydrogens (tertiary/aromatic N) is 3. The molecule has 8 nitrogen and oxygen atoms in total. The molecule has 28 heavy (non-hydrogen) atoms. The monoisotopic (exact) mass is 397 g/mol. The van der Waals surface area contributed by atoms with E-state index in [1.54, 1.807) is 48.2 Å². The second kappa shape index (κ2) is 7.32. The second-order valence-electron chi connectivity index (χ2n) is 6.21. The summed E-state index contributed by atoms with van der Waals surface area (Å²) in [6.07, 6.45) is 0.212. The Labute approximate surface area is 165 Å². The zero-order valence-electron chi connectivity index (χ0n) is 14.8. The summed E-state index contributed by atoms with van der Waals surface area (Å²) in [5.74, 6) is 0.506. The Bertz CT molecular complexity index is 1030. The van der Waals surface area contributed by atoms with E-state index in [0.717, 1.165) is 5.56 Å². The zero-order chi connectivity index (χ0) is 19.7. The average Bonchev–Trinajstić information content (AvgIpc) is 3.10. The molecular weight excluding hydrogens is 382 g/mol. The lowest BCUT2D eigenvalue weighted by Gasteiger charge is -2.23. The van der Waals surface area contributed by atoms with Gasteiger partial charge in [0.1, 0.15) is 5.75 Å². The molecule has 1 atom stereocenters. The number of ether oxygens (including phenoxy) is 1. The number of carbonyl (C=O) groups is 2. The summed E-state index contributed by atoms with van der Waals surface area (Å²) in [7, 11) is 1.56. The van der Waals surface area contributed by atoms with Gasteiger partial charge in [0.05, 0.1) is 19.6 Å². The Morgan fingerprint density at radius 1 is 1.21 bits per heavy atom. The summed E-state index contributed by atoms with van der Waals surface area (Å²) in [6.45, 7) is 0. The van der Waals surface area contributed by atoms with E-state index in [-0.39, 0.29) is 36.2 Å². The van der Waals surface area contributed by atoms with E-state index in [0.29, 0.717) is 16.3 Å². The molecule has 0 saturated heterocycles. The first kappa shape index (κ1) is 18.0. The summed E-state index contributed by atoms with van der Waals surface area (Å²) >= 11 is 5.95. The quantitative estimate of drug-likeness (QED) is 0.704. The topological polar surface area (TPSA) is 98.1 Å². The lowest BCUT2D eigenvalue weighted by Crippen LogP contribution is -2.29. The molecule has 4 rings (SSSR count). The third kappa shape index (κ3) is 3.54. The number of nitrogens with one attached hydrogen (secondary N) is 2. The summed E-state index contributed by atoms with van der Waals surface area (Å²) in [6, 6.07) is 13.5. The van der Waals surface area contributed by atoms with E-state index >= 15 is 0 Å². The fourth-order valence-corrected chi connectivity index (χ4v) is 3.10. The molecule has 2 N–H and O–H groups in total. The van der Waals surface area contributed by atoms with Crippen LogP contribution in [-0.4, -0.2) is 33.7 Å². The van der Waals surface area contributed by atoms with Crippen molar-refractivity contribution in [2.75, 3.05) is 17.7 Å². The van der Waals surface area contributed by atoms with E-state index in [4.69, 9.17) is 16.3 Å². The molecule has 0 spiro atoms. The highest BCUT2D eigenvalue weighted by Crippen LogP contribution is 2.30. The number of halogens is 1. The van der Waals surface area contributed by atoms with E-state index < -0.39 is 0 Å². The van der Waals surface area contributed by atoms with Gasteiger partial charge in [-0.1, -0.05) is 23.7 Å². The minimum absolute atomic E-state index is 0.108. The molecule has 9 heteroatoms. The van der Waals surface area contributed by atoms with Crippen LogP contribution in [0.1, 0.15) is 28.4 Å². The molecule has 1 unspecified atom stereocenters. The van der Waals surface area contributed by atoms with Gasteiger partial charge in [0.2, 0.25) is 11.9 Å². The van der Waals surface area contributed by atoms with Crippen molar-refractivity contribution in [1.82, 2.24) is 14.8 Å². The van der Waals surface area contributed by atoms with Crippen LogP contribution in [0.25, 0.3) is 0 Å². The maximum Gasteiger partial charge on any atom is 0.258 e. The SMILES string of the molecule is COc1ccc(C(=O)Nc2nc3n(n2)C(c2ccc(Cl)cc2)CC(=O)N3)cc1. The summed E-state index contributed by atoms with van der Waals surface area (Å²) in [5.41, 5.74) is 1.31. The number of benzene rings is 2. The molecule has 0 radical (unpaired) electrons. The van der Waals surface area contributed by atoms with Crippen molar-refractivity contribution in [2.45, 2.75) is 12.5 Å². The lowest BCUT2D eigenvalue weighted by atomic mass is 10.0. The minimum atomic E-state index is -0.361. The van der Waals surface area contributed by atoms with Crippen molar-refractivity contribution < 1.29 is 14.3 Å². The number of fused-ring (bicyclic) bond motifs is 1. The maximum atomic E-state index is 12.4. The van der Waals surface area contributed by atoms with Crippen molar-refractivity contribution in [3.05, 3.63) is 64.7 Å². The van der Waals surface area contributed by atoms with Gasteiger partial charge in [-0.3, -0.25) is 20.2 Å². The van der Waals surface area contributed by atoms with Crippen molar-refractivity contribution >= 4 is 35.3 Å². The van der Waals surface area contributed by atoms with Gasteiger partial charge in [-0.15, -0.1) is 5.10 Å². The molecule has 0 fully saturated rings. The zero-order valence-corrected chi connectivity index (χ0v) is 15.6. The van der Waals surface area contributed by atoms with Crippen molar-refractivity contribution in [1.29, 1.82) is 0 Å². The third-order valence-corrected chi connectivity index (χ3v) is 4.64. The molecule has 0 bridgehead atoms. The number of hydrogen-bond donors (Lipinski definition) is 2. The van der Waals surface area contributed by atoms with Crippen LogP contribution in [0.3, 0.4) is 0 Å². The normalized spacial score (nSPS) is 15.5. The van der Waals surface area contributed by atoms with Gasteiger partial charge in [0, 0.05) is 10.6 Å². The van der Waals surface area contributed by atoms with Crippen LogP contribution < -0.4 is 15.4 Å². The van der Waals surface area contributed by atoms with Gasteiger partial charge in [-0.25, -0.2) is 4.68 Å². The van der Waals surface area contributed by atoms with Gasteiger partial charge in [-0.2, -0.15) is 4.98 Å². The van der Waals surface area contributed by atoms with Crippen molar-refractivity contribution in [2.24, 2.45) is 0 Å². The first-order chi connectivity index (χ1) is 13.5. The summed E-state index contributed by atoms with van der Waals surface area (Å²) in [5, 5.41) is 10.3. The molecule has 0 saturated carbocycles. The van der Waals surface area contributed by atoms with Gasteiger partial charge in [0.25, 0.3) is 11.9 Å². The van der Waals surface area contributed by atoms with Gasteiger partial charge >= 0.3 is 0 Å². The number of methoxy groups -OCH3 is 1. The van der Waals surface area contributed by atoms with Gasteiger partial charge in [-0.05, 0) is 42.0 Å². The number of rotatable bonds is 4. The Hall–Kier alpha value is -3.39. The van der Waals surface area contributed by atoms with E-state index in [9.17, 15) is 9.59 Å². The predicted molar refractivity (Wildman–Crippen MR) is 104 cm³/mol. The number of hydrogen-bond acceptors (Lipinski definition) is 5. The van der Waals surface area contributed by atoms with Crippen LogP contribution in [0.4, 0.5) is 11.9 Å². The molecular formula is C19H16ClN5O3. The molecule has 142 valence electrons. The highest BCUT2D eigenvalue weighted by Gasteiger charge is 2.29. The molecule has 3 aromatic rings. The van der Waals surface area contributed by atoms with Gasteiger partial charge in [0.15, 0.2) is 0 Å². The fourth-order valence-electron chi connectivity index (χ4n) is 2.98. The lowest BCUT2D eigenvalue weighted by molar-refractivity contribution is -0.117. The smallest absolute Gasteiger partial charge is 0.258 e. The second-order valence-corrected chi connectivity index (χ2v) is 6.64. The third-order valence-electron chi connectivity index (χ3n) is 4.39. The Morgan fingerprint density at radius 2 is 1.93 bits per heavy atom. The molecule has 1 aliphatic rings. The van der Waals surface area contributed by atoms with Crippen molar-refractivity contribution in [3.8, 4) is 5.75 Å². The Morgan fingerprint density at radius 3 is 2.61 bits per heavy atom. The molecule has 2 aromatic carbocycles. The van der Waals surface area contributed by atoms with Crippen LogP contribution in [0, 0.1) is 0 Å². The van der Waals surface area contributed by atoms with Crippen molar-refractivity contribution in [3.63, 3.8) is 0 Å². The molecule has 1 aromatic heterocycles. The summed E-state index contributed by atoms with van der Waals surface area (Å²) in [4.78, 5) is 28.7. The van der Waals surface area contributed by atoms with Crippen LogP contribution in [-0.2, 0) is 4.79 Å². The van der Waals surface area contributed by atoms with Crippen LogP contribution in [0.2, 0.25) is 5.02 Å². The first-order valence-corrected chi connectivity index (χ1v) is 8.88. The predicted octanol–water partition coefficient (Wildman–Crippen LogP) is 3.12. The average molecular weight is 398 g/mol. The summed E-state index contributed by atoms with van der Waals surface area (Å²) < 4.78 is 6.68. The standard InChI is InChI=1S/C19H16ClN5O3/c1-28-14-8-4-12(5-9-14)17(27)22-18-23-19-21-16(26)10-15(25(19)24-18)11-2-6-13(20)7-3-11/h2-9,15H,10H2,1H3,(H2,21,22,23,24,26,27). The minimum Gasteiger partial charge on any atom is -0.497 e. The van der Waals surface area contributed by atoms with Crippen LogP contribution in [0.5, 0.6) is 5.75 Å². The van der Waals surface area contributed by atoms with Gasteiger partial charge < -0.3 is 4.74 Å². The largest absolute Gasteiger partial charge is 0.497 e. The van der Waals surface area contributed by atoms with E-state index in [1.807, 2.05) is 12.1 Å². The highest BCUT2D eigenvalue weighted by atomic mass is 35.5. The van der Waals surface area contributed by atoms with E-state index in [2.05, 4.69) is 20.7 Å². The maximum absolute atomic E-state index is 12.4. The van der Waals surface area contributed by atoms with Crippen LogP contribution >= 0.6 is 11.6 Å². The number of amides is 2. The fraction of sp³-hybridized carbons (Fsp3) is 0.158. The number of anilines is 2.